The fourth-order valence-electron chi connectivity index (χ4n) is 2.18. The Bertz CT molecular complexity index is 247. The van der Waals surface area contributed by atoms with Gasteiger partial charge in [-0.3, -0.25) is 9.69 Å². The van der Waals surface area contributed by atoms with E-state index >= 15 is 0 Å². The van der Waals surface area contributed by atoms with E-state index in [0.29, 0.717) is 6.54 Å². The molecule has 0 aliphatic carbocycles. The van der Waals surface area contributed by atoms with Crippen molar-refractivity contribution in [1.29, 1.82) is 0 Å². The van der Waals surface area contributed by atoms with Gasteiger partial charge in [0, 0.05) is 32.7 Å². The molecule has 0 radical (unpaired) electrons. The van der Waals surface area contributed by atoms with Crippen molar-refractivity contribution in [3.63, 3.8) is 0 Å². The molecule has 0 spiro atoms. The molecule has 1 atom stereocenters. The first-order chi connectivity index (χ1) is 8.19. The van der Waals surface area contributed by atoms with Gasteiger partial charge in [0.2, 0.25) is 5.91 Å². The zero-order chi connectivity index (χ0) is 12.7. The lowest BCUT2D eigenvalue weighted by atomic mass is 10.2. The Kier molecular flexibility index (Phi) is 6.22. The molecule has 0 aromatic rings. The topological polar surface area (TPSA) is 35.6 Å². The quantitative estimate of drug-likeness (QED) is 0.693. The summed E-state index contributed by atoms with van der Waals surface area (Å²) in [6.45, 7) is 13.6. The molecule has 1 aliphatic rings. The van der Waals surface area contributed by atoms with Gasteiger partial charge in [0.15, 0.2) is 0 Å². The fraction of sp³-hybridized carbons (Fsp3) is 0.769. The zero-order valence-electron chi connectivity index (χ0n) is 11.1. The molecule has 0 unspecified atom stereocenters. The first kappa shape index (κ1) is 14.2. The van der Waals surface area contributed by atoms with Crippen LogP contribution in [0.5, 0.6) is 0 Å². The van der Waals surface area contributed by atoms with Crippen molar-refractivity contribution in [2.45, 2.75) is 26.3 Å². The van der Waals surface area contributed by atoms with Gasteiger partial charge in [0.1, 0.15) is 0 Å². The first-order valence-electron chi connectivity index (χ1n) is 6.54. The van der Waals surface area contributed by atoms with Crippen LogP contribution >= 0.6 is 0 Å². The predicted molar refractivity (Wildman–Crippen MR) is 71.0 cm³/mol. The van der Waals surface area contributed by atoms with Gasteiger partial charge in [0.25, 0.3) is 0 Å². The number of rotatable bonds is 6. The molecule has 0 bridgehead atoms. The largest absolute Gasteiger partial charge is 0.351 e. The second kappa shape index (κ2) is 7.45. The third-order valence-electron chi connectivity index (χ3n) is 3.29. The van der Waals surface area contributed by atoms with Crippen molar-refractivity contribution in [3.05, 3.63) is 12.7 Å². The molecule has 1 aliphatic heterocycles. The van der Waals surface area contributed by atoms with E-state index in [1.54, 1.807) is 6.08 Å². The smallest absolute Gasteiger partial charge is 0.237 e. The zero-order valence-corrected chi connectivity index (χ0v) is 11.1. The second-order valence-electron chi connectivity index (χ2n) is 4.59. The van der Waals surface area contributed by atoms with Crippen LogP contribution in [0.3, 0.4) is 0 Å². The van der Waals surface area contributed by atoms with Crippen LogP contribution < -0.4 is 5.32 Å². The number of nitrogens with zero attached hydrogens (tertiary/aromatic N) is 2. The van der Waals surface area contributed by atoms with Crippen LogP contribution in [0, 0.1) is 0 Å². The number of carbonyl (C=O) groups is 1. The molecule has 17 heavy (non-hydrogen) atoms. The minimum absolute atomic E-state index is 0.0290. The normalized spacial score (nSPS) is 19.9. The molecule has 1 heterocycles. The Labute approximate surface area is 105 Å². The van der Waals surface area contributed by atoms with Crippen molar-refractivity contribution in [2.24, 2.45) is 0 Å². The van der Waals surface area contributed by atoms with Crippen LogP contribution in [0.2, 0.25) is 0 Å². The van der Waals surface area contributed by atoms with Crippen LogP contribution in [0.25, 0.3) is 0 Å². The highest BCUT2D eigenvalue weighted by Gasteiger charge is 2.24. The van der Waals surface area contributed by atoms with Crippen molar-refractivity contribution in [2.75, 3.05) is 39.3 Å². The van der Waals surface area contributed by atoms with Crippen LogP contribution in [0.15, 0.2) is 12.7 Å². The lowest BCUT2D eigenvalue weighted by Gasteiger charge is -2.37. The van der Waals surface area contributed by atoms with Gasteiger partial charge < -0.3 is 10.2 Å². The van der Waals surface area contributed by atoms with Crippen LogP contribution in [0.1, 0.15) is 20.3 Å². The summed E-state index contributed by atoms with van der Waals surface area (Å²) in [6.07, 6.45) is 2.92. The number of amides is 1. The van der Waals surface area contributed by atoms with Gasteiger partial charge in [-0.1, -0.05) is 13.0 Å². The monoisotopic (exact) mass is 239 g/mol. The summed E-state index contributed by atoms with van der Waals surface area (Å²) >= 11 is 0. The Hall–Kier alpha value is -0.870. The minimum atomic E-state index is -0.0290. The van der Waals surface area contributed by atoms with E-state index in [0.717, 1.165) is 26.2 Å². The number of hydrogen-bond donors (Lipinski definition) is 1. The number of carbonyl (C=O) groups excluding carboxylic acids is 1. The second-order valence-corrected chi connectivity index (χ2v) is 4.59. The lowest BCUT2D eigenvalue weighted by Crippen LogP contribution is -2.53. The summed E-state index contributed by atoms with van der Waals surface area (Å²) in [6, 6.07) is -0.0290. The molecule has 98 valence electrons. The highest BCUT2D eigenvalue weighted by molar-refractivity contribution is 5.81. The Morgan fingerprint density at radius 1 is 1.41 bits per heavy atom. The molecule has 1 saturated heterocycles. The fourth-order valence-corrected chi connectivity index (χ4v) is 2.18. The number of piperazine rings is 1. The SMILES string of the molecule is C=CCNC(=O)[C@@H](C)N1CCN(CCC)CC1. The van der Waals surface area contributed by atoms with E-state index in [9.17, 15) is 4.79 Å². The highest BCUT2D eigenvalue weighted by atomic mass is 16.2. The molecule has 1 fully saturated rings. The van der Waals surface area contributed by atoms with Gasteiger partial charge in [-0.05, 0) is 19.9 Å². The Morgan fingerprint density at radius 3 is 2.59 bits per heavy atom. The van der Waals surface area contributed by atoms with Crippen LogP contribution in [-0.2, 0) is 4.79 Å². The molecular weight excluding hydrogens is 214 g/mol. The van der Waals surface area contributed by atoms with E-state index < -0.39 is 0 Å². The number of hydrogen-bond acceptors (Lipinski definition) is 3. The maximum atomic E-state index is 11.8. The predicted octanol–water partition coefficient (Wildman–Crippen LogP) is 0.705. The molecule has 4 heteroatoms. The van der Waals surface area contributed by atoms with Crippen molar-refractivity contribution >= 4 is 5.91 Å². The van der Waals surface area contributed by atoms with E-state index in [-0.39, 0.29) is 11.9 Å². The molecule has 1 N–H and O–H groups in total. The van der Waals surface area contributed by atoms with E-state index in [1.165, 1.54) is 13.0 Å². The van der Waals surface area contributed by atoms with Crippen LogP contribution in [0.4, 0.5) is 0 Å². The molecule has 1 rings (SSSR count). The summed E-state index contributed by atoms with van der Waals surface area (Å²) in [5.41, 5.74) is 0. The third kappa shape index (κ3) is 4.48. The summed E-state index contributed by atoms with van der Waals surface area (Å²) < 4.78 is 0. The highest BCUT2D eigenvalue weighted by Crippen LogP contribution is 2.06. The molecule has 0 aromatic heterocycles. The average molecular weight is 239 g/mol. The maximum absolute atomic E-state index is 11.8. The molecule has 1 amide bonds. The van der Waals surface area contributed by atoms with Gasteiger partial charge in [-0.2, -0.15) is 0 Å². The average Bonchev–Trinajstić information content (AvgIpc) is 2.36. The Balaban J connectivity index is 2.32. The van der Waals surface area contributed by atoms with E-state index in [4.69, 9.17) is 0 Å². The van der Waals surface area contributed by atoms with Gasteiger partial charge in [-0.25, -0.2) is 0 Å². The van der Waals surface area contributed by atoms with Gasteiger partial charge in [-0.15, -0.1) is 6.58 Å². The summed E-state index contributed by atoms with van der Waals surface area (Å²) in [7, 11) is 0. The van der Waals surface area contributed by atoms with Crippen LogP contribution in [-0.4, -0.2) is 61.0 Å². The van der Waals surface area contributed by atoms with Crippen molar-refractivity contribution < 1.29 is 4.79 Å². The van der Waals surface area contributed by atoms with E-state index in [1.807, 2.05) is 6.92 Å². The third-order valence-corrected chi connectivity index (χ3v) is 3.29. The first-order valence-corrected chi connectivity index (χ1v) is 6.54. The summed E-state index contributed by atoms with van der Waals surface area (Å²) in [5, 5.41) is 2.85. The number of nitrogens with one attached hydrogen (secondary N) is 1. The van der Waals surface area contributed by atoms with Gasteiger partial charge in [0.05, 0.1) is 6.04 Å². The van der Waals surface area contributed by atoms with E-state index in [2.05, 4.69) is 28.6 Å². The molecule has 4 nitrogen and oxygen atoms in total. The molecule has 0 aromatic carbocycles. The van der Waals surface area contributed by atoms with Crippen molar-refractivity contribution in [1.82, 2.24) is 15.1 Å². The molecule has 0 saturated carbocycles. The lowest BCUT2D eigenvalue weighted by molar-refractivity contribution is -0.126. The summed E-state index contributed by atoms with van der Waals surface area (Å²) in [5.74, 6) is 0.105. The standard InChI is InChI=1S/C13H25N3O/c1-4-6-14-13(17)12(3)16-10-8-15(7-5-2)9-11-16/h4,12H,1,5-11H2,2-3H3,(H,14,17)/t12-/m1/s1. The van der Waals surface area contributed by atoms with Crippen molar-refractivity contribution in [3.8, 4) is 0 Å². The maximum Gasteiger partial charge on any atom is 0.237 e. The minimum Gasteiger partial charge on any atom is -0.351 e. The Morgan fingerprint density at radius 2 is 2.06 bits per heavy atom. The molecular formula is C13H25N3O. The van der Waals surface area contributed by atoms with Gasteiger partial charge >= 0.3 is 0 Å². The summed E-state index contributed by atoms with van der Waals surface area (Å²) in [4.78, 5) is 16.5.